The molecule has 2 aliphatic heterocycles. The predicted octanol–water partition coefficient (Wildman–Crippen LogP) is 6.96. The number of hydrogen-bond donors (Lipinski definition) is 0. The summed E-state index contributed by atoms with van der Waals surface area (Å²) in [5.41, 5.74) is 3.03. The smallest absolute Gasteiger partial charge is 0.343 e. The second kappa shape index (κ2) is 12.3. The van der Waals surface area contributed by atoms with Crippen molar-refractivity contribution in [2.24, 2.45) is 17.3 Å². The van der Waals surface area contributed by atoms with Crippen LogP contribution < -0.4 is 14.7 Å². The van der Waals surface area contributed by atoms with Gasteiger partial charge in [-0.25, -0.2) is 19.6 Å². The van der Waals surface area contributed by atoms with E-state index in [0.717, 1.165) is 28.2 Å². The van der Waals surface area contributed by atoms with Crippen molar-refractivity contribution in [3.63, 3.8) is 0 Å². The van der Waals surface area contributed by atoms with Crippen molar-refractivity contribution in [1.29, 1.82) is 0 Å². The molecular weight excluding hydrogens is 628 g/mol. The van der Waals surface area contributed by atoms with Gasteiger partial charge in [-0.15, -0.1) is 11.3 Å². The summed E-state index contributed by atoms with van der Waals surface area (Å²) in [6.07, 6.45) is 1.23. The number of benzene rings is 3. The van der Waals surface area contributed by atoms with Gasteiger partial charge in [0.2, 0.25) is 5.91 Å². The third-order valence-corrected chi connectivity index (χ3v) is 10.9. The van der Waals surface area contributed by atoms with E-state index < -0.39 is 41.8 Å². The molecule has 2 saturated heterocycles. The number of nitrogens with zero attached hydrogens (tertiary/aromatic N) is 2. The number of ether oxygens (including phenoxy) is 2. The maximum atomic E-state index is 14.5. The van der Waals surface area contributed by atoms with E-state index in [1.807, 2.05) is 36.4 Å². The van der Waals surface area contributed by atoms with Crippen molar-refractivity contribution in [2.45, 2.75) is 52.2 Å². The van der Waals surface area contributed by atoms with Gasteiger partial charge in [0.15, 0.2) is 6.10 Å². The Hall–Kier alpha value is -4.80. The van der Waals surface area contributed by atoms with E-state index in [2.05, 4.69) is 20.8 Å². The maximum Gasteiger partial charge on any atom is 0.343 e. The minimum absolute atomic E-state index is 0.0704. The molecule has 0 unspecified atom stereocenters. The van der Waals surface area contributed by atoms with Gasteiger partial charge in [0.25, 0.3) is 5.91 Å². The zero-order valence-corrected chi connectivity index (χ0v) is 28.0. The molecule has 0 spiro atoms. The van der Waals surface area contributed by atoms with Crippen molar-refractivity contribution in [3.8, 4) is 5.75 Å². The lowest BCUT2D eigenvalue weighted by Gasteiger charge is -2.33. The molecule has 4 aromatic rings. The number of methoxy groups -OCH3 is 1. The van der Waals surface area contributed by atoms with Crippen LogP contribution in [0.15, 0.2) is 84.9 Å². The SMILES string of the molecule is COC(=O)c1c(N2C(=O)[C@H]3[C@@H](c4ccc(OC(=O)c5ccccc5)cc4)N(c4ccccc4)O[C@H]3C2=O)sc2c1CC[C@H](C(C)(C)C)C2. The Balaban J connectivity index is 1.24. The molecule has 3 heterocycles. The topological polar surface area (TPSA) is 102 Å². The summed E-state index contributed by atoms with van der Waals surface area (Å²) in [5, 5.41) is 1.92. The number of hydroxylamine groups is 1. The van der Waals surface area contributed by atoms with Crippen molar-refractivity contribution < 1.29 is 33.5 Å². The molecule has 3 aromatic carbocycles. The number of imide groups is 1. The molecule has 246 valence electrons. The fourth-order valence-electron chi connectivity index (χ4n) is 7.01. The minimum Gasteiger partial charge on any atom is -0.465 e. The monoisotopic (exact) mass is 664 g/mol. The average molecular weight is 665 g/mol. The predicted molar refractivity (Wildman–Crippen MR) is 181 cm³/mol. The van der Waals surface area contributed by atoms with Crippen LogP contribution in [0, 0.1) is 17.3 Å². The summed E-state index contributed by atoms with van der Waals surface area (Å²) in [6, 6.07) is 24.2. The number of rotatable bonds is 6. The molecule has 0 radical (unpaired) electrons. The number of thiophene rings is 1. The number of anilines is 2. The Morgan fingerprint density at radius 2 is 1.54 bits per heavy atom. The van der Waals surface area contributed by atoms with E-state index in [1.54, 1.807) is 53.6 Å². The summed E-state index contributed by atoms with van der Waals surface area (Å²) in [6.45, 7) is 6.63. The third-order valence-electron chi connectivity index (χ3n) is 9.63. The first-order valence-corrected chi connectivity index (χ1v) is 16.9. The highest BCUT2D eigenvalue weighted by Gasteiger charge is 2.61. The lowest BCUT2D eigenvalue weighted by Crippen LogP contribution is -2.37. The molecule has 0 N–H and O–H groups in total. The summed E-state index contributed by atoms with van der Waals surface area (Å²) in [4.78, 5) is 63.1. The van der Waals surface area contributed by atoms with Crippen LogP contribution >= 0.6 is 11.3 Å². The van der Waals surface area contributed by atoms with Gasteiger partial charge in [-0.05, 0) is 78.1 Å². The van der Waals surface area contributed by atoms with Crippen LogP contribution in [0.5, 0.6) is 5.75 Å². The van der Waals surface area contributed by atoms with Crippen molar-refractivity contribution in [1.82, 2.24) is 0 Å². The molecule has 7 rings (SSSR count). The van der Waals surface area contributed by atoms with E-state index in [4.69, 9.17) is 14.3 Å². The Morgan fingerprint density at radius 3 is 2.19 bits per heavy atom. The highest BCUT2D eigenvalue weighted by Crippen LogP contribution is 2.51. The van der Waals surface area contributed by atoms with E-state index in [0.29, 0.717) is 45.5 Å². The number of fused-ring (bicyclic) bond motifs is 2. The van der Waals surface area contributed by atoms with Crippen LogP contribution in [0.2, 0.25) is 0 Å². The van der Waals surface area contributed by atoms with Gasteiger partial charge in [0.1, 0.15) is 16.7 Å². The summed E-state index contributed by atoms with van der Waals surface area (Å²) in [7, 11) is 1.32. The molecule has 0 saturated carbocycles. The highest BCUT2D eigenvalue weighted by molar-refractivity contribution is 7.17. The van der Waals surface area contributed by atoms with Gasteiger partial charge in [-0.1, -0.05) is 69.3 Å². The number of para-hydroxylation sites is 1. The molecule has 3 aliphatic rings. The van der Waals surface area contributed by atoms with E-state index in [-0.39, 0.29) is 5.41 Å². The van der Waals surface area contributed by atoms with Gasteiger partial charge in [-0.3, -0.25) is 14.4 Å². The van der Waals surface area contributed by atoms with Crippen LogP contribution in [0.4, 0.5) is 10.7 Å². The van der Waals surface area contributed by atoms with Gasteiger partial charge in [-0.2, -0.15) is 0 Å². The second-order valence-corrected chi connectivity index (χ2v) is 14.6. The standard InChI is InChI=1S/C38H36N2O7S/c1-38(2,3)24-17-20-27-28(21-24)48-35(29(27)37(44)45-4)39-33(41)30-31(40(47-32(30)34(39)42)25-13-9-6-10-14-25)22-15-18-26(19-16-22)46-36(43)23-11-7-5-8-12-23/h5-16,18-19,24,30-32H,17,20-21H2,1-4H3/t24-,30-,31+,32+/m0/s1. The summed E-state index contributed by atoms with van der Waals surface area (Å²) in [5.74, 6) is -2.17. The van der Waals surface area contributed by atoms with E-state index in [1.165, 1.54) is 18.4 Å². The normalized spacial score (nSPS) is 22.0. The van der Waals surface area contributed by atoms with E-state index in [9.17, 15) is 19.2 Å². The van der Waals surface area contributed by atoms with Crippen LogP contribution in [0.1, 0.15) is 70.0 Å². The molecule has 0 bridgehead atoms. The maximum absolute atomic E-state index is 14.5. The number of hydrogen-bond acceptors (Lipinski definition) is 9. The molecule has 1 aliphatic carbocycles. The van der Waals surface area contributed by atoms with Crippen molar-refractivity contribution in [2.75, 3.05) is 17.1 Å². The molecule has 4 atom stereocenters. The molecule has 2 amide bonds. The van der Waals surface area contributed by atoms with Gasteiger partial charge < -0.3 is 9.47 Å². The van der Waals surface area contributed by atoms with Gasteiger partial charge in [0, 0.05) is 4.88 Å². The van der Waals surface area contributed by atoms with Gasteiger partial charge >= 0.3 is 11.9 Å². The fraction of sp³-hybridized carbons (Fsp3) is 0.316. The zero-order chi connectivity index (χ0) is 33.7. The lowest BCUT2D eigenvalue weighted by molar-refractivity contribution is -0.126. The first-order valence-electron chi connectivity index (χ1n) is 16.1. The molecule has 1 aromatic heterocycles. The first-order chi connectivity index (χ1) is 23.1. The Kier molecular flexibility index (Phi) is 8.17. The number of amides is 2. The van der Waals surface area contributed by atoms with Crippen LogP contribution in [0.25, 0.3) is 0 Å². The Bertz CT molecular complexity index is 1880. The molecule has 2 fully saturated rings. The Labute approximate surface area is 283 Å². The second-order valence-electron chi connectivity index (χ2n) is 13.5. The fourth-order valence-corrected chi connectivity index (χ4v) is 8.43. The minimum atomic E-state index is -1.11. The molecular formula is C38H36N2O7S. The van der Waals surface area contributed by atoms with E-state index >= 15 is 0 Å². The van der Waals surface area contributed by atoms with Crippen LogP contribution in [-0.2, 0) is 32.0 Å². The average Bonchev–Trinajstić information content (AvgIpc) is 3.74. The quantitative estimate of drug-likeness (QED) is 0.124. The molecule has 48 heavy (non-hydrogen) atoms. The van der Waals surface area contributed by atoms with Crippen molar-refractivity contribution >= 4 is 45.8 Å². The van der Waals surface area contributed by atoms with Crippen LogP contribution in [0.3, 0.4) is 0 Å². The number of carbonyl (C=O) groups excluding carboxylic acids is 4. The first kappa shape index (κ1) is 31.8. The highest BCUT2D eigenvalue weighted by atomic mass is 32.1. The summed E-state index contributed by atoms with van der Waals surface area (Å²) < 4.78 is 10.8. The Morgan fingerprint density at radius 1 is 0.875 bits per heavy atom. The number of esters is 2. The van der Waals surface area contributed by atoms with Crippen molar-refractivity contribution in [3.05, 3.63) is 112 Å². The lowest BCUT2D eigenvalue weighted by atomic mass is 9.72. The largest absolute Gasteiger partial charge is 0.465 e. The zero-order valence-electron chi connectivity index (χ0n) is 27.2. The molecule has 10 heteroatoms. The third kappa shape index (κ3) is 5.48. The summed E-state index contributed by atoms with van der Waals surface area (Å²) >= 11 is 1.33. The van der Waals surface area contributed by atoms with Crippen LogP contribution in [-0.4, -0.2) is 37.0 Å². The van der Waals surface area contributed by atoms with Gasteiger partial charge in [0.05, 0.1) is 30.0 Å². The molecule has 9 nitrogen and oxygen atoms in total. The number of carbonyl (C=O) groups is 4.